The van der Waals surface area contributed by atoms with Crippen LogP contribution < -0.4 is 10.1 Å². The van der Waals surface area contributed by atoms with Crippen molar-refractivity contribution in [2.75, 3.05) is 12.4 Å². The van der Waals surface area contributed by atoms with Gasteiger partial charge in [-0.25, -0.2) is 0 Å². The standard InChI is InChI=1S/C13H13ClN2O3/c1-8-5-12(16-19-8)15-13(17)6-9-3-4-10(18-2)7-11(9)14/h3-5,7H,6H2,1-2H3,(H,15,16,17). The highest BCUT2D eigenvalue weighted by Gasteiger charge is 2.10. The molecule has 0 aliphatic rings. The van der Waals surface area contributed by atoms with E-state index in [1.54, 1.807) is 38.3 Å². The van der Waals surface area contributed by atoms with Gasteiger partial charge >= 0.3 is 0 Å². The average molecular weight is 281 g/mol. The number of benzene rings is 1. The van der Waals surface area contributed by atoms with Crippen molar-refractivity contribution in [3.63, 3.8) is 0 Å². The summed E-state index contributed by atoms with van der Waals surface area (Å²) < 4.78 is 9.91. The first-order valence-corrected chi connectivity index (χ1v) is 6.02. The monoisotopic (exact) mass is 280 g/mol. The van der Waals surface area contributed by atoms with Crippen LogP contribution in [0.4, 0.5) is 5.82 Å². The van der Waals surface area contributed by atoms with Crippen molar-refractivity contribution in [1.29, 1.82) is 0 Å². The molecule has 1 aromatic heterocycles. The number of ether oxygens (including phenoxy) is 1. The van der Waals surface area contributed by atoms with Crippen LogP contribution in [0.15, 0.2) is 28.8 Å². The molecule has 0 aliphatic heterocycles. The van der Waals surface area contributed by atoms with E-state index in [1.807, 2.05) is 0 Å². The number of hydrogen-bond donors (Lipinski definition) is 1. The number of aromatic nitrogens is 1. The zero-order valence-electron chi connectivity index (χ0n) is 10.6. The third kappa shape index (κ3) is 3.48. The molecule has 0 unspecified atom stereocenters. The summed E-state index contributed by atoms with van der Waals surface area (Å²) in [5, 5.41) is 6.81. The van der Waals surface area contributed by atoms with Gasteiger partial charge in [0.15, 0.2) is 5.82 Å². The summed E-state index contributed by atoms with van der Waals surface area (Å²) in [6, 6.07) is 6.83. The number of nitrogens with one attached hydrogen (secondary N) is 1. The van der Waals surface area contributed by atoms with Crippen molar-refractivity contribution in [1.82, 2.24) is 5.16 Å². The molecular formula is C13H13ClN2O3. The number of carbonyl (C=O) groups excluding carboxylic acids is 1. The number of aryl methyl sites for hydroxylation is 1. The summed E-state index contributed by atoms with van der Waals surface area (Å²) in [7, 11) is 1.56. The van der Waals surface area contributed by atoms with Gasteiger partial charge in [-0.15, -0.1) is 0 Å². The van der Waals surface area contributed by atoms with Crippen molar-refractivity contribution in [3.05, 3.63) is 40.6 Å². The number of halogens is 1. The van der Waals surface area contributed by atoms with Gasteiger partial charge in [-0.1, -0.05) is 22.8 Å². The fourth-order valence-corrected chi connectivity index (χ4v) is 1.82. The summed E-state index contributed by atoms with van der Waals surface area (Å²) in [4.78, 5) is 11.8. The maximum Gasteiger partial charge on any atom is 0.230 e. The molecule has 2 rings (SSSR count). The minimum Gasteiger partial charge on any atom is -0.497 e. The Labute approximate surface area is 115 Å². The first kappa shape index (κ1) is 13.4. The molecule has 0 aliphatic carbocycles. The Bertz CT molecular complexity index is 595. The lowest BCUT2D eigenvalue weighted by Gasteiger charge is -2.06. The van der Waals surface area contributed by atoms with Gasteiger partial charge in [0, 0.05) is 11.1 Å². The predicted octanol–water partition coefficient (Wildman–Crippen LogP) is 2.83. The molecule has 0 saturated carbocycles. The Balaban J connectivity index is 2.02. The lowest BCUT2D eigenvalue weighted by atomic mass is 10.1. The van der Waals surface area contributed by atoms with Crippen molar-refractivity contribution in [2.24, 2.45) is 0 Å². The predicted molar refractivity (Wildman–Crippen MR) is 71.6 cm³/mol. The highest BCUT2D eigenvalue weighted by Crippen LogP contribution is 2.23. The molecule has 1 heterocycles. The normalized spacial score (nSPS) is 10.3. The second kappa shape index (κ2) is 5.75. The van der Waals surface area contributed by atoms with Crippen molar-refractivity contribution >= 4 is 23.3 Å². The molecule has 6 heteroatoms. The lowest BCUT2D eigenvalue weighted by Crippen LogP contribution is -2.14. The Morgan fingerprint density at radius 3 is 2.84 bits per heavy atom. The summed E-state index contributed by atoms with van der Waals surface area (Å²) in [5.41, 5.74) is 0.722. The van der Waals surface area contributed by atoms with Crippen molar-refractivity contribution < 1.29 is 14.1 Å². The molecule has 1 amide bonds. The molecule has 0 atom stereocenters. The van der Waals surface area contributed by atoms with Crippen LogP contribution in [-0.4, -0.2) is 18.2 Å². The fraction of sp³-hybridized carbons (Fsp3) is 0.231. The van der Waals surface area contributed by atoms with Gasteiger partial charge in [-0.05, 0) is 24.6 Å². The number of amides is 1. The second-order valence-corrected chi connectivity index (χ2v) is 4.41. The van der Waals surface area contributed by atoms with Crippen LogP contribution in [-0.2, 0) is 11.2 Å². The highest BCUT2D eigenvalue weighted by atomic mass is 35.5. The van der Waals surface area contributed by atoms with Crippen LogP contribution in [0.5, 0.6) is 5.75 Å². The summed E-state index contributed by atoms with van der Waals surface area (Å²) in [6.45, 7) is 1.75. The summed E-state index contributed by atoms with van der Waals surface area (Å²) in [5.74, 6) is 1.48. The minimum atomic E-state index is -0.208. The number of carbonyl (C=O) groups is 1. The van der Waals surface area contributed by atoms with E-state index in [2.05, 4.69) is 10.5 Å². The van der Waals surface area contributed by atoms with Crippen LogP contribution in [0.25, 0.3) is 0 Å². The van der Waals surface area contributed by atoms with Crippen molar-refractivity contribution in [3.8, 4) is 5.75 Å². The number of rotatable bonds is 4. The Morgan fingerprint density at radius 2 is 2.26 bits per heavy atom. The topological polar surface area (TPSA) is 64.4 Å². The van der Waals surface area contributed by atoms with Crippen LogP contribution in [0.3, 0.4) is 0 Å². The van der Waals surface area contributed by atoms with Crippen molar-refractivity contribution in [2.45, 2.75) is 13.3 Å². The number of methoxy groups -OCH3 is 1. The van der Waals surface area contributed by atoms with E-state index >= 15 is 0 Å². The quantitative estimate of drug-likeness (QED) is 0.935. The van der Waals surface area contributed by atoms with Gasteiger partial charge in [0.05, 0.1) is 13.5 Å². The van der Waals surface area contributed by atoms with Gasteiger partial charge in [0.25, 0.3) is 0 Å². The smallest absolute Gasteiger partial charge is 0.230 e. The minimum absolute atomic E-state index is 0.161. The van der Waals surface area contributed by atoms with Crippen LogP contribution in [0.2, 0.25) is 5.02 Å². The molecule has 0 fully saturated rings. The van der Waals surface area contributed by atoms with Crippen LogP contribution in [0.1, 0.15) is 11.3 Å². The van der Waals surface area contributed by atoms with Gasteiger partial charge in [-0.3, -0.25) is 4.79 Å². The van der Waals surface area contributed by atoms with Gasteiger partial charge in [-0.2, -0.15) is 0 Å². The van der Waals surface area contributed by atoms with E-state index in [4.69, 9.17) is 20.9 Å². The van der Waals surface area contributed by atoms with E-state index in [-0.39, 0.29) is 12.3 Å². The zero-order valence-corrected chi connectivity index (χ0v) is 11.3. The number of nitrogens with zero attached hydrogens (tertiary/aromatic N) is 1. The third-order valence-electron chi connectivity index (χ3n) is 2.51. The van der Waals surface area contributed by atoms with E-state index in [0.717, 1.165) is 5.56 Å². The highest BCUT2D eigenvalue weighted by molar-refractivity contribution is 6.31. The molecule has 0 spiro atoms. The molecule has 1 aromatic carbocycles. The van der Waals surface area contributed by atoms with Gasteiger partial charge in [0.1, 0.15) is 11.5 Å². The third-order valence-corrected chi connectivity index (χ3v) is 2.86. The molecule has 0 radical (unpaired) electrons. The SMILES string of the molecule is COc1ccc(CC(=O)Nc2cc(C)on2)c(Cl)c1. The van der Waals surface area contributed by atoms with Crippen LogP contribution in [0, 0.1) is 6.92 Å². The summed E-state index contributed by atoms with van der Waals surface area (Å²) >= 11 is 6.07. The Kier molecular flexibility index (Phi) is 4.06. The fourth-order valence-electron chi connectivity index (χ4n) is 1.58. The van der Waals surface area contributed by atoms with E-state index in [1.165, 1.54) is 0 Å². The molecule has 2 aromatic rings. The van der Waals surface area contributed by atoms with E-state index in [0.29, 0.717) is 22.4 Å². The molecule has 5 nitrogen and oxygen atoms in total. The van der Waals surface area contributed by atoms with Crippen LogP contribution >= 0.6 is 11.6 Å². The van der Waals surface area contributed by atoms with Gasteiger partial charge < -0.3 is 14.6 Å². The number of anilines is 1. The molecule has 100 valence electrons. The maximum absolute atomic E-state index is 11.8. The zero-order chi connectivity index (χ0) is 13.8. The number of hydrogen-bond acceptors (Lipinski definition) is 4. The summed E-state index contributed by atoms with van der Waals surface area (Å²) in [6.07, 6.45) is 0.161. The molecule has 0 saturated heterocycles. The lowest BCUT2D eigenvalue weighted by molar-refractivity contribution is -0.115. The first-order valence-electron chi connectivity index (χ1n) is 5.64. The first-order chi connectivity index (χ1) is 9.08. The van der Waals surface area contributed by atoms with E-state index in [9.17, 15) is 4.79 Å². The maximum atomic E-state index is 11.8. The molecule has 19 heavy (non-hydrogen) atoms. The van der Waals surface area contributed by atoms with Gasteiger partial charge in [0.2, 0.25) is 5.91 Å². The Hall–Kier alpha value is -2.01. The molecule has 1 N–H and O–H groups in total. The molecule has 0 bridgehead atoms. The second-order valence-electron chi connectivity index (χ2n) is 4.01. The molecular weight excluding hydrogens is 268 g/mol. The van der Waals surface area contributed by atoms with E-state index < -0.39 is 0 Å². The Morgan fingerprint density at radius 1 is 1.47 bits per heavy atom. The largest absolute Gasteiger partial charge is 0.497 e. The average Bonchev–Trinajstić information content (AvgIpc) is 2.77.